The summed E-state index contributed by atoms with van der Waals surface area (Å²) < 4.78 is 1.25. The Morgan fingerprint density at radius 1 is 1.38 bits per heavy atom. The third kappa shape index (κ3) is 3.86. The predicted molar refractivity (Wildman–Crippen MR) is 74.9 cm³/mol. The summed E-state index contributed by atoms with van der Waals surface area (Å²) in [5.41, 5.74) is 0. The lowest BCUT2D eigenvalue weighted by atomic mass is 10.0. The van der Waals surface area contributed by atoms with Gasteiger partial charge in [-0.1, -0.05) is 25.7 Å². The lowest BCUT2D eigenvalue weighted by Gasteiger charge is -2.08. The predicted octanol–water partition coefficient (Wildman–Crippen LogP) is 4.57. The average Bonchev–Trinajstić information content (AvgIpc) is 2.90. The van der Waals surface area contributed by atoms with Gasteiger partial charge in [-0.25, -0.2) is 0 Å². The number of thiophene rings is 1. The zero-order chi connectivity index (χ0) is 11.2. The Kier molecular flexibility index (Phi) is 5.33. The molecule has 1 nitrogen and oxygen atoms in total. The van der Waals surface area contributed by atoms with Gasteiger partial charge in [-0.15, -0.1) is 11.3 Å². The third-order valence-corrected chi connectivity index (χ3v) is 5.34. The van der Waals surface area contributed by atoms with Crippen LogP contribution >= 0.6 is 27.3 Å². The minimum absolute atomic E-state index is 1.02. The van der Waals surface area contributed by atoms with Crippen LogP contribution in [0.1, 0.15) is 43.4 Å². The van der Waals surface area contributed by atoms with Crippen molar-refractivity contribution in [3.8, 4) is 0 Å². The summed E-state index contributed by atoms with van der Waals surface area (Å²) in [7, 11) is 0. The highest BCUT2D eigenvalue weighted by Gasteiger charge is 2.13. The molecule has 0 spiro atoms. The number of hydrogen-bond acceptors (Lipinski definition) is 2. The van der Waals surface area contributed by atoms with Crippen molar-refractivity contribution >= 4 is 27.3 Å². The summed E-state index contributed by atoms with van der Waals surface area (Å²) in [5.74, 6) is 1.04. The lowest BCUT2D eigenvalue weighted by molar-refractivity contribution is 0.471. The first-order valence-corrected chi connectivity index (χ1v) is 7.96. The first-order chi connectivity index (χ1) is 7.86. The van der Waals surface area contributed by atoms with Crippen LogP contribution in [0.5, 0.6) is 0 Å². The van der Waals surface area contributed by atoms with E-state index >= 15 is 0 Å². The van der Waals surface area contributed by atoms with Gasteiger partial charge in [-0.2, -0.15) is 0 Å². The first-order valence-electron chi connectivity index (χ1n) is 6.29. The average molecular weight is 302 g/mol. The molecule has 0 radical (unpaired) electrons. The number of halogens is 1. The van der Waals surface area contributed by atoms with E-state index in [0.717, 1.165) is 12.5 Å². The molecule has 0 saturated heterocycles. The zero-order valence-corrected chi connectivity index (χ0v) is 12.1. The fraction of sp³-hybridized carbons (Fsp3) is 0.692. The van der Waals surface area contributed by atoms with E-state index in [9.17, 15) is 0 Å². The molecule has 1 heterocycles. The minimum Gasteiger partial charge on any atom is -0.312 e. The van der Waals surface area contributed by atoms with Crippen molar-refractivity contribution in [2.24, 2.45) is 5.92 Å². The van der Waals surface area contributed by atoms with Gasteiger partial charge in [0.1, 0.15) is 0 Å². The molecule has 1 aliphatic carbocycles. The van der Waals surface area contributed by atoms with Crippen LogP contribution in [-0.4, -0.2) is 6.54 Å². The smallest absolute Gasteiger partial charge is 0.0327 e. The minimum atomic E-state index is 1.02. The molecule has 16 heavy (non-hydrogen) atoms. The molecule has 0 unspecified atom stereocenters. The van der Waals surface area contributed by atoms with Crippen LogP contribution < -0.4 is 5.32 Å². The van der Waals surface area contributed by atoms with E-state index in [0.29, 0.717) is 0 Å². The van der Waals surface area contributed by atoms with Gasteiger partial charge in [0.25, 0.3) is 0 Å². The van der Waals surface area contributed by atoms with Crippen molar-refractivity contribution in [2.75, 3.05) is 6.54 Å². The molecule has 1 aromatic heterocycles. The maximum atomic E-state index is 3.56. The molecule has 90 valence electrons. The van der Waals surface area contributed by atoms with Gasteiger partial charge in [0.15, 0.2) is 0 Å². The molecular weight excluding hydrogens is 282 g/mol. The SMILES string of the molecule is Brc1ccsc1CNCCCC1CCCC1. The van der Waals surface area contributed by atoms with Crippen LogP contribution in [0.2, 0.25) is 0 Å². The molecule has 0 amide bonds. The van der Waals surface area contributed by atoms with Crippen molar-refractivity contribution in [3.05, 3.63) is 20.8 Å². The normalized spacial score (nSPS) is 17.1. The molecule has 0 atom stereocenters. The Balaban J connectivity index is 1.53. The monoisotopic (exact) mass is 301 g/mol. The molecule has 1 aromatic rings. The standard InChI is InChI=1S/C13H20BrNS/c14-12-7-9-16-13(12)10-15-8-3-6-11-4-1-2-5-11/h7,9,11,15H,1-6,8,10H2. The van der Waals surface area contributed by atoms with E-state index in [2.05, 4.69) is 32.7 Å². The summed E-state index contributed by atoms with van der Waals surface area (Å²) in [6.07, 6.45) is 8.68. The fourth-order valence-corrected chi connectivity index (χ4v) is 3.93. The second-order valence-electron chi connectivity index (χ2n) is 4.66. The quantitative estimate of drug-likeness (QED) is 0.759. The number of rotatable bonds is 6. The fourth-order valence-electron chi connectivity index (χ4n) is 2.47. The molecule has 1 N–H and O–H groups in total. The van der Waals surface area contributed by atoms with Gasteiger partial charge in [-0.05, 0) is 52.7 Å². The number of hydrogen-bond donors (Lipinski definition) is 1. The Labute approximate surface area is 111 Å². The van der Waals surface area contributed by atoms with Gasteiger partial charge in [0.2, 0.25) is 0 Å². The molecule has 0 aliphatic heterocycles. The van der Waals surface area contributed by atoms with Crippen molar-refractivity contribution < 1.29 is 0 Å². The molecule has 2 rings (SSSR count). The highest BCUT2D eigenvalue weighted by atomic mass is 79.9. The first kappa shape index (κ1) is 12.6. The Bertz CT molecular complexity index is 305. The zero-order valence-electron chi connectivity index (χ0n) is 9.68. The molecule has 3 heteroatoms. The van der Waals surface area contributed by atoms with Gasteiger partial charge in [0.05, 0.1) is 0 Å². The summed E-state index contributed by atoms with van der Waals surface area (Å²) in [5, 5.41) is 5.67. The van der Waals surface area contributed by atoms with E-state index in [4.69, 9.17) is 0 Å². The summed E-state index contributed by atoms with van der Waals surface area (Å²) >= 11 is 5.38. The third-order valence-electron chi connectivity index (χ3n) is 3.42. The second-order valence-corrected chi connectivity index (χ2v) is 6.52. The van der Waals surface area contributed by atoms with E-state index in [-0.39, 0.29) is 0 Å². The van der Waals surface area contributed by atoms with Crippen LogP contribution in [0.15, 0.2) is 15.9 Å². The molecule has 1 fully saturated rings. The highest BCUT2D eigenvalue weighted by Crippen LogP contribution is 2.28. The van der Waals surface area contributed by atoms with Crippen molar-refractivity contribution in [1.82, 2.24) is 5.32 Å². The number of nitrogens with one attached hydrogen (secondary N) is 1. The molecule has 0 bridgehead atoms. The molecule has 0 aromatic carbocycles. The highest BCUT2D eigenvalue weighted by molar-refractivity contribution is 9.10. The van der Waals surface area contributed by atoms with Gasteiger partial charge in [0, 0.05) is 15.9 Å². The van der Waals surface area contributed by atoms with Crippen molar-refractivity contribution in [2.45, 2.75) is 45.1 Å². The maximum Gasteiger partial charge on any atom is 0.0327 e. The Morgan fingerprint density at radius 2 is 2.19 bits per heavy atom. The summed E-state index contributed by atoms with van der Waals surface area (Å²) in [6, 6.07) is 2.13. The second kappa shape index (κ2) is 6.77. The van der Waals surface area contributed by atoms with Crippen LogP contribution in [0.4, 0.5) is 0 Å². The molecule has 1 saturated carbocycles. The van der Waals surface area contributed by atoms with Crippen LogP contribution in [-0.2, 0) is 6.54 Å². The van der Waals surface area contributed by atoms with Gasteiger partial charge >= 0.3 is 0 Å². The molecule has 1 aliphatic rings. The van der Waals surface area contributed by atoms with Gasteiger partial charge < -0.3 is 5.32 Å². The Morgan fingerprint density at radius 3 is 2.88 bits per heavy atom. The summed E-state index contributed by atoms with van der Waals surface area (Å²) in [4.78, 5) is 1.42. The van der Waals surface area contributed by atoms with E-state index < -0.39 is 0 Å². The largest absolute Gasteiger partial charge is 0.312 e. The summed E-state index contributed by atoms with van der Waals surface area (Å²) in [6.45, 7) is 2.18. The van der Waals surface area contributed by atoms with Gasteiger partial charge in [-0.3, -0.25) is 0 Å². The van der Waals surface area contributed by atoms with E-state index in [1.165, 1.54) is 54.4 Å². The topological polar surface area (TPSA) is 12.0 Å². The van der Waals surface area contributed by atoms with Crippen LogP contribution in [0.25, 0.3) is 0 Å². The van der Waals surface area contributed by atoms with Crippen molar-refractivity contribution in [3.63, 3.8) is 0 Å². The van der Waals surface area contributed by atoms with E-state index in [1.54, 1.807) is 0 Å². The maximum absolute atomic E-state index is 3.56. The van der Waals surface area contributed by atoms with Crippen LogP contribution in [0, 0.1) is 5.92 Å². The Hall–Kier alpha value is 0.140. The van der Waals surface area contributed by atoms with Crippen molar-refractivity contribution in [1.29, 1.82) is 0 Å². The molecular formula is C13H20BrNS. The van der Waals surface area contributed by atoms with Crippen LogP contribution in [0.3, 0.4) is 0 Å². The van der Waals surface area contributed by atoms with E-state index in [1.807, 2.05) is 11.3 Å². The lowest BCUT2D eigenvalue weighted by Crippen LogP contribution is -2.14.